The summed E-state index contributed by atoms with van der Waals surface area (Å²) < 4.78 is 29.2. The largest absolute Gasteiger partial charge is 0.390 e. The third kappa shape index (κ3) is 2.44. The minimum atomic E-state index is -3.47. The number of aliphatic hydroxyl groups excluding tert-OH is 1. The first-order valence-electron chi connectivity index (χ1n) is 6.67. The third-order valence-corrected chi connectivity index (χ3v) is 5.57. The number of aliphatic hydroxyl groups is 1. The van der Waals surface area contributed by atoms with Gasteiger partial charge in [-0.2, -0.15) is 0 Å². The van der Waals surface area contributed by atoms with Gasteiger partial charge in [0.15, 0.2) is 0 Å². The van der Waals surface area contributed by atoms with Crippen LogP contribution in [-0.2, 0) is 16.6 Å². The standard InChI is InChI=1S/C13H20N2O3S/c1-13(2)6-12(13)14-19(17,18)11-5-10(8-16)15(7-11)9-3-4-9/h5,7,9,12,14,16H,3-4,6,8H2,1-2H3. The van der Waals surface area contributed by atoms with E-state index in [0.29, 0.717) is 11.7 Å². The molecule has 0 aromatic carbocycles. The molecule has 0 saturated heterocycles. The Morgan fingerprint density at radius 1 is 1.47 bits per heavy atom. The predicted octanol–water partition coefficient (Wildman–Crippen LogP) is 1.39. The van der Waals surface area contributed by atoms with Crippen LogP contribution in [0, 0.1) is 5.41 Å². The van der Waals surface area contributed by atoms with Gasteiger partial charge in [0.05, 0.1) is 11.5 Å². The molecule has 2 saturated carbocycles. The second kappa shape index (κ2) is 4.07. The SMILES string of the molecule is CC1(C)CC1NS(=O)(=O)c1cc(CO)n(C2CC2)c1. The molecular formula is C13H20N2O3S. The number of aromatic nitrogens is 1. The van der Waals surface area contributed by atoms with Gasteiger partial charge in [0.2, 0.25) is 10.0 Å². The van der Waals surface area contributed by atoms with Crippen LogP contribution in [0.15, 0.2) is 17.2 Å². The molecule has 0 spiro atoms. The average Bonchev–Trinajstić information content (AvgIpc) is 3.19. The second-order valence-corrected chi connectivity index (χ2v) is 8.04. The minimum Gasteiger partial charge on any atom is -0.390 e. The average molecular weight is 284 g/mol. The zero-order valence-electron chi connectivity index (χ0n) is 11.3. The molecule has 5 nitrogen and oxygen atoms in total. The highest BCUT2D eigenvalue weighted by Crippen LogP contribution is 2.45. The van der Waals surface area contributed by atoms with Crippen LogP contribution in [0.4, 0.5) is 0 Å². The van der Waals surface area contributed by atoms with Gasteiger partial charge in [-0.3, -0.25) is 0 Å². The number of nitrogens with one attached hydrogen (secondary N) is 1. The van der Waals surface area contributed by atoms with Crippen LogP contribution in [-0.4, -0.2) is 24.1 Å². The highest BCUT2D eigenvalue weighted by Gasteiger charge is 2.48. The number of hydrogen-bond donors (Lipinski definition) is 2. The van der Waals surface area contributed by atoms with E-state index >= 15 is 0 Å². The Hall–Kier alpha value is -0.850. The zero-order valence-corrected chi connectivity index (χ0v) is 12.1. The third-order valence-electron chi connectivity index (χ3n) is 4.13. The number of hydrogen-bond acceptors (Lipinski definition) is 3. The van der Waals surface area contributed by atoms with E-state index in [9.17, 15) is 13.5 Å². The molecule has 1 heterocycles. The number of rotatable bonds is 5. The van der Waals surface area contributed by atoms with Crippen molar-refractivity contribution >= 4 is 10.0 Å². The molecule has 2 fully saturated rings. The Morgan fingerprint density at radius 2 is 2.11 bits per heavy atom. The van der Waals surface area contributed by atoms with Gasteiger partial charge in [-0.05, 0) is 30.7 Å². The smallest absolute Gasteiger partial charge is 0.242 e. The Bertz CT molecular complexity index is 599. The predicted molar refractivity (Wildman–Crippen MR) is 71.1 cm³/mol. The molecule has 2 N–H and O–H groups in total. The summed E-state index contributed by atoms with van der Waals surface area (Å²) in [5, 5.41) is 9.32. The summed E-state index contributed by atoms with van der Waals surface area (Å²) in [6.07, 6.45) is 4.65. The lowest BCUT2D eigenvalue weighted by molar-refractivity contribution is 0.270. The number of nitrogens with zero attached hydrogens (tertiary/aromatic N) is 1. The topological polar surface area (TPSA) is 71.3 Å². The van der Waals surface area contributed by atoms with E-state index in [1.165, 1.54) is 0 Å². The normalized spacial score (nSPS) is 25.5. The fraction of sp³-hybridized carbons (Fsp3) is 0.692. The summed E-state index contributed by atoms with van der Waals surface area (Å²) in [5.41, 5.74) is 0.740. The first-order chi connectivity index (χ1) is 8.83. The van der Waals surface area contributed by atoms with Crippen molar-refractivity contribution in [1.82, 2.24) is 9.29 Å². The van der Waals surface area contributed by atoms with Gasteiger partial charge in [-0.15, -0.1) is 0 Å². The fourth-order valence-electron chi connectivity index (χ4n) is 2.39. The summed E-state index contributed by atoms with van der Waals surface area (Å²) in [5.74, 6) is 0. The van der Waals surface area contributed by atoms with Gasteiger partial charge in [-0.1, -0.05) is 13.8 Å². The van der Waals surface area contributed by atoms with E-state index in [-0.39, 0.29) is 23.0 Å². The quantitative estimate of drug-likeness (QED) is 0.858. The van der Waals surface area contributed by atoms with Crippen LogP contribution < -0.4 is 4.72 Å². The molecule has 106 valence electrons. The van der Waals surface area contributed by atoms with Crippen LogP contribution in [0.3, 0.4) is 0 Å². The molecule has 1 atom stereocenters. The molecule has 2 aliphatic rings. The lowest BCUT2D eigenvalue weighted by atomic mass is 10.2. The Labute approximate surface area is 113 Å². The Morgan fingerprint density at radius 3 is 2.58 bits per heavy atom. The molecule has 1 aromatic heterocycles. The first kappa shape index (κ1) is 13.1. The summed E-state index contributed by atoms with van der Waals surface area (Å²) in [6.45, 7) is 3.98. The van der Waals surface area contributed by atoms with Crippen molar-refractivity contribution < 1.29 is 13.5 Å². The molecule has 3 rings (SSSR count). The van der Waals surface area contributed by atoms with Crippen LogP contribution in [0.5, 0.6) is 0 Å². The highest BCUT2D eigenvalue weighted by atomic mass is 32.2. The van der Waals surface area contributed by atoms with Gasteiger partial charge >= 0.3 is 0 Å². The lowest BCUT2D eigenvalue weighted by Crippen LogP contribution is -2.28. The van der Waals surface area contributed by atoms with E-state index in [2.05, 4.69) is 18.6 Å². The highest BCUT2D eigenvalue weighted by molar-refractivity contribution is 7.89. The van der Waals surface area contributed by atoms with Crippen LogP contribution >= 0.6 is 0 Å². The van der Waals surface area contributed by atoms with Crippen LogP contribution in [0.1, 0.15) is 44.8 Å². The van der Waals surface area contributed by atoms with Gasteiger partial charge in [0.1, 0.15) is 0 Å². The Balaban J connectivity index is 1.84. The van der Waals surface area contributed by atoms with Gasteiger partial charge in [-0.25, -0.2) is 13.1 Å². The van der Waals surface area contributed by atoms with Crippen molar-refractivity contribution in [3.63, 3.8) is 0 Å². The molecule has 0 radical (unpaired) electrons. The van der Waals surface area contributed by atoms with Crippen molar-refractivity contribution in [3.8, 4) is 0 Å². The van der Waals surface area contributed by atoms with E-state index < -0.39 is 10.0 Å². The van der Waals surface area contributed by atoms with Gasteiger partial charge in [0.25, 0.3) is 0 Å². The van der Waals surface area contributed by atoms with E-state index in [1.54, 1.807) is 12.3 Å². The molecule has 1 aromatic rings. The molecule has 0 aliphatic heterocycles. The van der Waals surface area contributed by atoms with Crippen molar-refractivity contribution in [2.75, 3.05) is 0 Å². The molecule has 6 heteroatoms. The maximum Gasteiger partial charge on any atom is 0.242 e. The molecular weight excluding hydrogens is 264 g/mol. The van der Waals surface area contributed by atoms with Crippen LogP contribution in [0.25, 0.3) is 0 Å². The fourth-order valence-corrected chi connectivity index (χ4v) is 3.84. The monoisotopic (exact) mass is 284 g/mol. The maximum absolute atomic E-state index is 12.3. The molecule has 2 aliphatic carbocycles. The summed E-state index contributed by atoms with van der Waals surface area (Å²) in [7, 11) is -3.47. The first-order valence-corrected chi connectivity index (χ1v) is 8.16. The summed E-state index contributed by atoms with van der Waals surface area (Å²) >= 11 is 0. The van der Waals surface area contributed by atoms with Crippen molar-refractivity contribution in [1.29, 1.82) is 0 Å². The molecule has 19 heavy (non-hydrogen) atoms. The van der Waals surface area contributed by atoms with E-state index in [4.69, 9.17) is 0 Å². The summed E-state index contributed by atoms with van der Waals surface area (Å²) in [4.78, 5) is 0.270. The zero-order chi connectivity index (χ0) is 13.8. The van der Waals surface area contributed by atoms with E-state index in [1.807, 2.05) is 4.57 Å². The minimum absolute atomic E-state index is 0.0272. The van der Waals surface area contributed by atoms with Crippen LogP contribution in [0.2, 0.25) is 0 Å². The lowest BCUT2D eigenvalue weighted by Gasteiger charge is -2.06. The van der Waals surface area contributed by atoms with Gasteiger partial charge in [0, 0.05) is 24.0 Å². The van der Waals surface area contributed by atoms with E-state index in [0.717, 1.165) is 19.3 Å². The Kier molecular flexibility index (Phi) is 2.82. The molecule has 1 unspecified atom stereocenters. The molecule has 0 bridgehead atoms. The van der Waals surface area contributed by atoms with Crippen molar-refractivity contribution in [2.45, 2.75) is 56.7 Å². The van der Waals surface area contributed by atoms with Gasteiger partial charge < -0.3 is 9.67 Å². The maximum atomic E-state index is 12.3. The molecule has 0 amide bonds. The van der Waals surface area contributed by atoms with Crippen molar-refractivity contribution in [3.05, 3.63) is 18.0 Å². The number of sulfonamides is 1. The van der Waals surface area contributed by atoms with Crippen molar-refractivity contribution in [2.24, 2.45) is 5.41 Å². The second-order valence-electron chi connectivity index (χ2n) is 6.33. The summed E-state index contributed by atoms with van der Waals surface area (Å²) in [6, 6.07) is 1.97.